The number of halogens is 1. The van der Waals surface area contributed by atoms with Crippen molar-refractivity contribution in [3.8, 4) is 5.75 Å². The predicted octanol–water partition coefficient (Wildman–Crippen LogP) is 3.62. The fourth-order valence-electron chi connectivity index (χ4n) is 1.64. The van der Waals surface area contributed by atoms with Crippen LogP contribution in [0.5, 0.6) is 5.75 Å². The van der Waals surface area contributed by atoms with Gasteiger partial charge >= 0.3 is 0 Å². The molecular formula is C14H16ClN3O2S. The Morgan fingerprint density at radius 3 is 2.76 bits per heavy atom. The topological polar surface area (TPSA) is 64.1 Å². The molecule has 1 aromatic carbocycles. The van der Waals surface area contributed by atoms with Crippen molar-refractivity contribution in [1.29, 1.82) is 0 Å². The van der Waals surface area contributed by atoms with Gasteiger partial charge in [-0.2, -0.15) is 0 Å². The highest BCUT2D eigenvalue weighted by Crippen LogP contribution is 2.25. The minimum Gasteiger partial charge on any atom is -0.495 e. The van der Waals surface area contributed by atoms with E-state index in [9.17, 15) is 4.79 Å². The number of aromatic nitrogens is 2. The SMILES string of the molecule is COc1ccc(C(=O)CNc2nnc(C(C)C)s2)cc1Cl. The van der Waals surface area contributed by atoms with Crippen molar-refractivity contribution in [1.82, 2.24) is 10.2 Å². The second-order valence-electron chi connectivity index (χ2n) is 4.73. The van der Waals surface area contributed by atoms with Crippen molar-refractivity contribution in [3.05, 3.63) is 33.8 Å². The summed E-state index contributed by atoms with van der Waals surface area (Å²) in [6, 6.07) is 4.97. The van der Waals surface area contributed by atoms with E-state index in [0.29, 0.717) is 27.4 Å². The molecule has 0 amide bonds. The number of anilines is 1. The Balaban J connectivity index is 1.99. The molecule has 1 heterocycles. The number of hydrogen-bond acceptors (Lipinski definition) is 6. The zero-order valence-corrected chi connectivity index (χ0v) is 13.6. The van der Waals surface area contributed by atoms with E-state index < -0.39 is 0 Å². The zero-order chi connectivity index (χ0) is 15.4. The number of methoxy groups -OCH3 is 1. The lowest BCUT2D eigenvalue weighted by atomic mass is 10.1. The molecule has 1 aromatic heterocycles. The summed E-state index contributed by atoms with van der Waals surface area (Å²) in [4.78, 5) is 12.1. The molecule has 0 atom stereocenters. The quantitative estimate of drug-likeness (QED) is 0.822. The van der Waals surface area contributed by atoms with Crippen LogP contribution in [0.15, 0.2) is 18.2 Å². The minimum absolute atomic E-state index is 0.0687. The normalized spacial score (nSPS) is 10.7. The summed E-state index contributed by atoms with van der Waals surface area (Å²) < 4.78 is 5.06. The zero-order valence-electron chi connectivity index (χ0n) is 12.0. The molecule has 0 spiro atoms. The molecule has 7 heteroatoms. The second kappa shape index (κ2) is 6.87. The van der Waals surface area contributed by atoms with Crippen LogP contribution in [-0.2, 0) is 0 Å². The minimum atomic E-state index is -0.0687. The molecule has 5 nitrogen and oxygen atoms in total. The van der Waals surface area contributed by atoms with Crippen molar-refractivity contribution < 1.29 is 9.53 Å². The molecule has 0 aliphatic rings. The molecular weight excluding hydrogens is 310 g/mol. The van der Waals surface area contributed by atoms with Crippen LogP contribution in [0.25, 0.3) is 0 Å². The number of nitrogens with one attached hydrogen (secondary N) is 1. The number of nitrogens with zero attached hydrogens (tertiary/aromatic N) is 2. The van der Waals surface area contributed by atoms with Gasteiger partial charge in [-0.3, -0.25) is 4.79 Å². The Labute approximate surface area is 132 Å². The van der Waals surface area contributed by atoms with Gasteiger partial charge < -0.3 is 10.1 Å². The van der Waals surface area contributed by atoms with E-state index in [1.807, 2.05) is 0 Å². The first-order valence-electron chi connectivity index (χ1n) is 6.45. The highest BCUT2D eigenvalue weighted by molar-refractivity contribution is 7.15. The van der Waals surface area contributed by atoms with Crippen LogP contribution in [0.3, 0.4) is 0 Å². The van der Waals surface area contributed by atoms with E-state index in [0.717, 1.165) is 5.01 Å². The van der Waals surface area contributed by atoms with Crippen LogP contribution >= 0.6 is 22.9 Å². The van der Waals surface area contributed by atoms with Gasteiger partial charge in [0.05, 0.1) is 18.7 Å². The third kappa shape index (κ3) is 3.92. The van der Waals surface area contributed by atoms with Crippen molar-refractivity contribution in [2.45, 2.75) is 19.8 Å². The molecule has 0 aliphatic heterocycles. The van der Waals surface area contributed by atoms with Crippen molar-refractivity contribution in [2.24, 2.45) is 0 Å². The third-order valence-corrected chi connectivity index (χ3v) is 4.29. The largest absolute Gasteiger partial charge is 0.495 e. The monoisotopic (exact) mass is 325 g/mol. The number of Topliss-reactive ketones (excluding diaryl/α,β-unsaturated/α-hetero) is 1. The Morgan fingerprint density at radius 1 is 1.43 bits per heavy atom. The van der Waals surface area contributed by atoms with Gasteiger partial charge in [-0.05, 0) is 18.2 Å². The van der Waals surface area contributed by atoms with E-state index in [1.54, 1.807) is 18.2 Å². The molecule has 1 N–H and O–H groups in total. The summed E-state index contributed by atoms with van der Waals surface area (Å²) in [6.45, 7) is 4.25. The number of ether oxygens (including phenoxy) is 1. The maximum Gasteiger partial charge on any atom is 0.206 e. The van der Waals surface area contributed by atoms with Crippen LogP contribution in [0.2, 0.25) is 5.02 Å². The fraction of sp³-hybridized carbons (Fsp3) is 0.357. The van der Waals surface area contributed by atoms with Gasteiger partial charge in [0.15, 0.2) is 5.78 Å². The molecule has 21 heavy (non-hydrogen) atoms. The number of hydrogen-bond donors (Lipinski definition) is 1. The van der Waals surface area contributed by atoms with Crippen molar-refractivity contribution in [2.75, 3.05) is 19.0 Å². The summed E-state index contributed by atoms with van der Waals surface area (Å²) in [5.74, 6) is 0.807. The maximum absolute atomic E-state index is 12.1. The van der Waals surface area contributed by atoms with Gasteiger partial charge in [-0.15, -0.1) is 10.2 Å². The van der Waals surface area contributed by atoms with Crippen LogP contribution in [0, 0.1) is 0 Å². The highest BCUT2D eigenvalue weighted by Gasteiger charge is 2.11. The van der Waals surface area contributed by atoms with Crippen LogP contribution in [0.1, 0.15) is 35.1 Å². The van der Waals surface area contributed by atoms with Crippen LogP contribution in [0.4, 0.5) is 5.13 Å². The fourth-order valence-corrected chi connectivity index (χ4v) is 2.64. The summed E-state index contributed by atoms with van der Waals surface area (Å²) >= 11 is 7.47. The average Bonchev–Trinajstić information content (AvgIpc) is 2.93. The second-order valence-corrected chi connectivity index (χ2v) is 6.14. The smallest absolute Gasteiger partial charge is 0.206 e. The first-order chi connectivity index (χ1) is 10.0. The molecule has 0 saturated carbocycles. The van der Waals surface area contributed by atoms with Gasteiger partial charge in [0.1, 0.15) is 10.8 Å². The number of carbonyl (C=O) groups is 1. The molecule has 2 aromatic rings. The number of ketones is 1. The molecule has 0 radical (unpaired) electrons. The summed E-state index contributed by atoms with van der Waals surface area (Å²) in [5, 5.41) is 13.1. The maximum atomic E-state index is 12.1. The van der Waals surface area contributed by atoms with Crippen LogP contribution < -0.4 is 10.1 Å². The molecule has 0 aliphatic carbocycles. The summed E-state index contributed by atoms with van der Waals surface area (Å²) in [6.07, 6.45) is 0. The number of carbonyl (C=O) groups excluding carboxylic acids is 1. The number of benzene rings is 1. The van der Waals surface area contributed by atoms with E-state index >= 15 is 0 Å². The lowest BCUT2D eigenvalue weighted by Crippen LogP contribution is -2.13. The Hall–Kier alpha value is -1.66. The Morgan fingerprint density at radius 2 is 2.19 bits per heavy atom. The first kappa shape index (κ1) is 15.7. The molecule has 0 fully saturated rings. The standard InChI is InChI=1S/C14H16ClN3O2S/c1-8(2)13-17-18-14(21-13)16-7-11(19)9-4-5-12(20-3)10(15)6-9/h4-6,8H,7H2,1-3H3,(H,16,18). The predicted molar refractivity (Wildman–Crippen MR) is 84.8 cm³/mol. The average molecular weight is 326 g/mol. The Bertz CT molecular complexity index is 643. The third-order valence-electron chi connectivity index (χ3n) is 2.81. The summed E-state index contributed by atoms with van der Waals surface area (Å²) in [7, 11) is 1.53. The molecule has 2 rings (SSSR count). The van der Waals surface area contributed by atoms with Gasteiger partial charge in [-0.1, -0.05) is 36.8 Å². The van der Waals surface area contributed by atoms with Crippen molar-refractivity contribution in [3.63, 3.8) is 0 Å². The van der Waals surface area contributed by atoms with E-state index in [4.69, 9.17) is 16.3 Å². The van der Waals surface area contributed by atoms with Gasteiger partial charge in [0.25, 0.3) is 0 Å². The van der Waals surface area contributed by atoms with Crippen LogP contribution in [-0.4, -0.2) is 29.6 Å². The van der Waals surface area contributed by atoms with Gasteiger partial charge in [0.2, 0.25) is 5.13 Å². The molecule has 0 saturated heterocycles. The first-order valence-corrected chi connectivity index (χ1v) is 7.64. The van der Waals surface area contributed by atoms with Crippen molar-refractivity contribution >= 4 is 33.9 Å². The van der Waals surface area contributed by atoms with E-state index in [1.165, 1.54) is 18.4 Å². The van der Waals surface area contributed by atoms with Gasteiger partial charge in [0, 0.05) is 11.5 Å². The lowest BCUT2D eigenvalue weighted by molar-refractivity contribution is 0.101. The Kier molecular flexibility index (Phi) is 5.14. The molecule has 112 valence electrons. The lowest BCUT2D eigenvalue weighted by Gasteiger charge is -2.06. The molecule has 0 unspecified atom stereocenters. The van der Waals surface area contributed by atoms with Gasteiger partial charge in [-0.25, -0.2) is 0 Å². The highest BCUT2D eigenvalue weighted by atomic mass is 35.5. The number of rotatable bonds is 6. The van der Waals surface area contributed by atoms with E-state index in [2.05, 4.69) is 29.4 Å². The summed E-state index contributed by atoms with van der Waals surface area (Å²) in [5.41, 5.74) is 0.530. The van der Waals surface area contributed by atoms with E-state index in [-0.39, 0.29) is 12.3 Å². The molecule has 0 bridgehead atoms.